The number of nitrogens with zero attached hydrogens (tertiary/aromatic N) is 1. The second-order valence-corrected chi connectivity index (χ2v) is 13.0. The van der Waals surface area contributed by atoms with Crippen LogP contribution < -0.4 is 16.0 Å². The summed E-state index contributed by atoms with van der Waals surface area (Å²) in [7, 11) is 0. The van der Waals surface area contributed by atoms with Gasteiger partial charge in [-0.1, -0.05) is 56.6 Å². The summed E-state index contributed by atoms with van der Waals surface area (Å²) in [6.45, 7) is 12.9. The van der Waals surface area contributed by atoms with Crippen molar-refractivity contribution in [3.05, 3.63) is 63.9 Å². The fraction of sp³-hybridized carbons (Fsp3) is 0.548. The molecular weight excluding hydrogens is 531 g/mol. The second-order valence-electron chi connectivity index (χ2n) is 12.6. The molecule has 2 fully saturated rings. The lowest BCUT2D eigenvalue weighted by molar-refractivity contribution is -0.123. The Bertz CT molecular complexity index is 1280. The van der Waals surface area contributed by atoms with Gasteiger partial charge < -0.3 is 20.7 Å². The van der Waals surface area contributed by atoms with E-state index in [4.69, 9.17) is 16.3 Å². The number of benzene rings is 2. The maximum atomic E-state index is 15.8. The molecule has 0 aromatic heterocycles. The van der Waals surface area contributed by atoms with Crippen molar-refractivity contribution in [3.8, 4) is 0 Å². The van der Waals surface area contributed by atoms with E-state index < -0.39 is 29.2 Å². The zero-order valence-corrected chi connectivity index (χ0v) is 24.5. The van der Waals surface area contributed by atoms with Crippen molar-refractivity contribution in [3.63, 3.8) is 0 Å². The normalized spacial score (nSPS) is 26.6. The molecule has 216 valence electrons. The Morgan fingerprint density at radius 2 is 1.98 bits per heavy atom. The van der Waals surface area contributed by atoms with E-state index in [1.165, 1.54) is 6.07 Å². The molecule has 2 amide bonds. The first-order chi connectivity index (χ1) is 19.0. The molecule has 0 radical (unpaired) electrons. The summed E-state index contributed by atoms with van der Waals surface area (Å²) in [5, 5.41) is 9.69. The SMILES string of the molecule is Cc1ccc2c(c1)NC(=O)C21C(CC(C)(C)C)NC(C(=O)NCCCN2CCOCC2)C1c1cccc(Cl)c1F. The number of fused-ring (bicyclic) bond motifs is 2. The summed E-state index contributed by atoms with van der Waals surface area (Å²) in [6, 6.07) is 9.47. The molecule has 5 rings (SSSR count). The number of carbonyl (C=O) groups excluding carboxylic acids is 2. The average Bonchev–Trinajstić information content (AvgIpc) is 3.37. The lowest BCUT2D eigenvalue weighted by Crippen LogP contribution is -2.49. The number of ether oxygens (including phenoxy) is 1. The van der Waals surface area contributed by atoms with E-state index in [2.05, 4.69) is 41.6 Å². The van der Waals surface area contributed by atoms with Crippen molar-refractivity contribution in [1.29, 1.82) is 0 Å². The van der Waals surface area contributed by atoms with Crippen LogP contribution in [0, 0.1) is 18.2 Å². The summed E-state index contributed by atoms with van der Waals surface area (Å²) in [5.74, 6) is -1.86. The second kappa shape index (κ2) is 11.4. The van der Waals surface area contributed by atoms with E-state index in [0.717, 1.165) is 50.4 Å². The lowest BCUT2D eigenvalue weighted by atomic mass is 9.62. The predicted octanol–water partition coefficient (Wildman–Crippen LogP) is 4.38. The Balaban J connectivity index is 1.54. The van der Waals surface area contributed by atoms with Crippen LogP contribution in [0.3, 0.4) is 0 Å². The van der Waals surface area contributed by atoms with Gasteiger partial charge in [0.1, 0.15) is 11.2 Å². The van der Waals surface area contributed by atoms with E-state index in [9.17, 15) is 9.59 Å². The molecule has 3 aliphatic heterocycles. The highest BCUT2D eigenvalue weighted by molar-refractivity contribution is 6.30. The number of hydrogen-bond acceptors (Lipinski definition) is 5. The summed E-state index contributed by atoms with van der Waals surface area (Å²) >= 11 is 6.28. The van der Waals surface area contributed by atoms with Crippen molar-refractivity contribution in [1.82, 2.24) is 15.5 Å². The number of halogens is 2. The van der Waals surface area contributed by atoms with Crippen LogP contribution in [-0.4, -0.2) is 68.2 Å². The molecule has 2 saturated heterocycles. The molecule has 1 spiro atoms. The monoisotopic (exact) mass is 570 g/mol. The minimum absolute atomic E-state index is 0.0286. The number of amides is 2. The van der Waals surface area contributed by atoms with Gasteiger partial charge in [0.15, 0.2) is 0 Å². The fourth-order valence-electron chi connectivity index (χ4n) is 6.74. The number of nitrogens with one attached hydrogen (secondary N) is 3. The largest absolute Gasteiger partial charge is 0.379 e. The maximum Gasteiger partial charge on any atom is 0.237 e. The van der Waals surface area contributed by atoms with Crippen LogP contribution >= 0.6 is 11.6 Å². The highest BCUT2D eigenvalue weighted by Crippen LogP contribution is 2.57. The molecule has 4 unspecified atom stereocenters. The number of rotatable bonds is 7. The summed E-state index contributed by atoms with van der Waals surface area (Å²) in [5.41, 5.74) is 1.42. The smallest absolute Gasteiger partial charge is 0.237 e. The topological polar surface area (TPSA) is 82.7 Å². The lowest BCUT2D eigenvalue weighted by Gasteiger charge is -2.37. The van der Waals surface area contributed by atoms with Gasteiger partial charge in [-0.25, -0.2) is 4.39 Å². The highest BCUT2D eigenvalue weighted by Gasteiger charge is 2.66. The third kappa shape index (κ3) is 5.39. The number of anilines is 1. The van der Waals surface area contributed by atoms with Crippen molar-refractivity contribution < 1.29 is 18.7 Å². The first-order valence-corrected chi connectivity index (χ1v) is 14.6. The van der Waals surface area contributed by atoms with Gasteiger partial charge in [0, 0.05) is 37.3 Å². The van der Waals surface area contributed by atoms with Crippen LogP contribution in [0.15, 0.2) is 36.4 Å². The summed E-state index contributed by atoms with van der Waals surface area (Å²) in [4.78, 5) is 30.4. The number of aryl methyl sites for hydroxylation is 1. The molecule has 3 N–H and O–H groups in total. The standard InChI is InChI=1S/C31H40ClFN4O3/c1-19-9-10-21-23(17-19)35-29(39)31(21)24(18-30(2,3)4)36-27(25(31)20-7-5-8-22(32)26(20)33)28(38)34-11-6-12-37-13-15-40-16-14-37/h5,7-10,17,24-25,27,36H,6,11-16,18H2,1-4H3,(H,34,38)(H,35,39). The Morgan fingerprint density at radius 3 is 2.70 bits per heavy atom. The fourth-order valence-corrected chi connectivity index (χ4v) is 6.92. The highest BCUT2D eigenvalue weighted by atomic mass is 35.5. The van der Waals surface area contributed by atoms with Crippen LogP contribution in [0.4, 0.5) is 10.1 Å². The van der Waals surface area contributed by atoms with Gasteiger partial charge in [-0.05, 0) is 60.5 Å². The molecule has 40 heavy (non-hydrogen) atoms. The number of hydrogen-bond donors (Lipinski definition) is 3. The Hall–Kier alpha value is -2.52. The quantitative estimate of drug-likeness (QED) is 0.431. The first kappa shape index (κ1) is 29.0. The van der Waals surface area contributed by atoms with Gasteiger partial charge in [0.05, 0.1) is 24.3 Å². The van der Waals surface area contributed by atoms with E-state index in [-0.39, 0.29) is 27.8 Å². The summed E-state index contributed by atoms with van der Waals surface area (Å²) in [6.07, 6.45) is 1.39. The van der Waals surface area contributed by atoms with Gasteiger partial charge in [-0.15, -0.1) is 0 Å². The van der Waals surface area contributed by atoms with Crippen LogP contribution in [-0.2, 0) is 19.7 Å². The van der Waals surface area contributed by atoms with Gasteiger partial charge in [0.2, 0.25) is 11.8 Å². The van der Waals surface area contributed by atoms with Crippen LogP contribution in [0.2, 0.25) is 5.02 Å². The predicted molar refractivity (Wildman–Crippen MR) is 155 cm³/mol. The molecule has 9 heteroatoms. The van der Waals surface area contributed by atoms with Crippen molar-refractivity contribution in [2.75, 3.05) is 44.7 Å². The zero-order chi connectivity index (χ0) is 28.7. The maximum absolute atomic E-state index is 15.8. The van der Waals surface area contributed by atoms with E-state index in [1.54, 1.807) is 12.1 Å². The minimum atomic E-state index is -1.20. The molecule has 0 saturated carbocycles. The van der Waals surface area contributed by atoms with Crippen molar-refractivity contribution in [2.24, 2.45) is 5.41 Å². The van der Waals surface area contributed by atoms with E-state index in [1.807, 2.05) is 25.1 Å². The average molecular weight is 571 g/mol. The van der Waals surface area contributed by atoms with E-state index in [0.29, 0.717) is 18.7 Å². The number of carbonyl (C=O) groups is 2. The van der Waals surface area contributed by atoms with Gasteiger partial charge in [-0.3, -0.25) is 14.5 Å². The third-order valence-corrected chi connectivity index (χ3v) is 8.76. The van der Waals surface area contributed by atoms with Gasteiger partial charge in [0.25, 0.3) is 0 Å². The Kier molecular flexibility index (Phi) is 8.26. The summed E-state index contributed by atoms with van der Waals surface area (Å²) < 4.78 is 21.3. The van der Waals surface area contributed by atoms with E-state index >= 15 is 4.39 Å². The third-order valence-electron chi connectivity index (χ3n) is 8.47. The minimum Gasteiger partial charge on any atom is -0.379 e. The molecule has 0 aliphatic carbocycles. The molecule has 7 nitrogen and oxygen atoms in total. The molecule has 3 heterocycles. The van der Waals surface area contributed by atoms with Crippen molar-refractivity contribution in [2.45, 2.75) is 64.0 Å². The molecule has 3 aliphatic rings. The number of morpholine rings is 1. The molecule has 2 aromatic carbocycles. The Morgan fingerprint density at radius 1 is 1.23 bits per heavy atom. The van der Waals surface area contributed by atoms with Crippen LogP contribution in [0.5, 0.6) is 0 Å². The molecular formula is C31H40ClFN4O3. The molecule has 2 aromatic rings. The Labute approximate surface area is 241 Å². The molecule has 4 atom stereocenters. The van der Waals surface area contributed by atoms with Crippen LogP contribution in [0.25, 0.3) is 0 Å². The van der Waals surface area contributed by atoms with Crippen LogP contribution in [0.1, 0.15) is 56.2 Å². The zero-order valence-electron chi connectivity index (χ0n) is 23.8. The molecule has 0 bridgehead atoms. The first-order valence-electron chi connectivity index (χ1n) is 14.2. The van der Waals surface area contributed by atoms with Gasteiger partial charge >= 0.3 is 0 Å². The van der Waals surface area contributed by atoms with Crippen molar-refractivity contribution >= 4 is 29.1 Å². The van der Waals surface area contributed by atoms with Gasteiger partial charge in [-0.2, -0.15) is 0 Å².